The van der Waals surface area contributed by atoms with E-state index in [1.807, 2.05) is 0 Å². The molecule has 0 spiro atoms. The van der Waals surface area contributed by atoms with Gasteiger partial charge in [0.15, 0.2) is 0 Å². The summed E-state index contributed by atoms with van der Waals surface area (Å²) in [5.41, 5.74) is 1.42. The van der Waals surface area contributed by atoms with Gasteiger partial charge >= 0.3 is 0 Å². The molecule has 1 saturated heterocycles. The van der Waals surface area contributed by atoms with Crippen LogP contribution in [0.2, 0.25) is 0 Å². The van der Waals surface area contributed by atoms with Crippen molar-refractivity contribution in [2.75, 3.05) is 45.8 Å². The van der Waals surface area contributed by atoms with Crippen molar-refractivity contribution < 1.29 is 0 Å². The third-order valence-corrected chi connectivity index (χ3v) is 3.64. The first kappa shape index (κ1) is 13.5. The number of rotatable bonds is 6. The van der Waals surface area contributed by atoms with E-state index in [0.717, 1.165) is 26.2 Å². The molecule has 0 saturated carbocycles. The van der Waals surface area contributed by atoms with E-state index in [-0.39, 0.29) is 0 Å². The molecule has 1 aromatic carbocycles. The summed E-state index contributed by atoms with van der Waals surface area (Å²) in [5.74, 6) is 0. The molecule has 3 heteroatoms. The first-order valence-electron chi connectivity index (χ1n) is 7.08. The number of benzene rings is 1. The Bertz CT molecular complexity index is 320. The Labute approximate surface area is 111 Å². The summed E-state index contributed by atoms with van der Waals surface area (Å²) in [7, 11) is 0. The lowest BCUT2D eigenvalue weighted by molar-refractivity contribution is 0.189. The van der Waals surface area contributed by atoms with Crippen LogP contribution < -0.4 is 5.32 Å². The van der Waals surface area contributed by atoms with Crippen LogP contribution in [0, 0.1) is 0 Å². The normalized spacial score (nSPS) is 17.2. The second-order valence-corrected chi connectivity index (χ2v) is 4.95. The van der Waals surface area contributed by atoms with E-state index >= 15 is 0 Å². The second kappa shape index (κ2) is 7.52. The molecule has 0 unspecified atom stereocenters. The third kappa shape index (κ3) is 4.41. The topological polar surface area (TPSA) is 18.5 Å². The monoisotopic (exact) mass is 247 g/mol. The second-order valence-electron chi connectivity index (χ2n) is 4.95. The first-order chi connectivity index (χ1) is 8.88. The molecule has 1 aromatic rings. The molecule has 0 aromatic heterocycles. The van der Waals surface area contributed by atoms with Crippen LogP contribution in [-0.4, -0.2) is 55.6 Å². The minimum absolute atomic E-state index is 1.07. The average Bonchev–Trinajstić information content (AvgIpc) is 2.45. The Morgan fingerprint density at radius 2 is 1.89 bits per heavy atom. The number of piperazine rings is 1. The molecule has 1 aliphatic rings. The summed E-state index contributed by atoms with van der Waals surface area (Å²) >= 11 is 0. The van der Waals surface area contributed by atoms with Gasteiger partial charge in [0, 0.05) is 45.8 Å². The minimum atomic E-state index is 1.07. The lowest BCUT2D eigenvalue weighted by Crippen LogP contribution is -2.46. The maximum Gasteiger partial charge on any atom is 0.0234 e. The van der Waals surface area contributed by atoms with Crippen molar-refractivity contribution in [2.24, 2.45) is 0 Å². The Morgan fingerprint density at radius 3 is 2.56 bits per heavy atom. The van der Waals surface area contributed by atoms with Crippen LogP contribution in [-0.2, 0) is 6.54 Å². The Morgan fingerprint density at radius 1 is 1.17 bits per heavy atom. The molecule has 1 aliphatic heterocycles. The van der Waals surface area contributed by atoms with Gasteiger partial charge in [0.2, 0.25) is 0 Å². The first-order valence-corrected chi connectivity index (χ1v) is 7.08. The Kier molecular flexibility index (Phi) is 5.65. The van der Waals surface area contributed by atoms with Gasteiger partial charge in [-0.25, -0.2) is 0 Å². The van der Waals surface area contributed by atoms with Gasteiger partial charge in [-0.05, 0) is 12.1 Å². The van der Waals surface area contributed by atoms with Crippen molar-refractivity contribution in [2.45, 2.75) is 13.5 Å². The van der Waals surface area contributed by atoms with Gasteiger partial charge in [-0.15, -0.1) is 0 Å². The van der Waals surface area contributed by atoms with Crippen LogP contribution in [0.15, 0.2) is 30.3 Å². The van der Waals surface area contributed by atoms with Crippen LogP contribution in [0.3, 0.4) is 0 Å². The summed E-state index contributed by atoms with van der Waals surface area (Å²) < 4.78 is 0. The zero-order chi connectivity index (χ0) is 12.6. The molecule has 100 valence electrons. The Hall–Kier alpha value is -0.900. The van der Waals surface area contributed by atoms with E-state index in [0.29, 0.717) is 0 Å². The molecule has 3 nitrogen and oxygen atoms in total. The van der Waals surface area contributed by atoms with Gasteiger partial charge < -0.3 is 5.32 Å². The van der Waals surface area contributed by atoms with Gasteiger partial charge in [-0.2, -0.15) is 0 Å². The molecule has 18 heavy (non-hydrogen) atoms. The molecule has 0 amide bonds. The van der Waals surface area contributed by atoms with Crippen molar-refractivity contribution in [1.29, 1.82) is 0 Å². The molecule has 0 aliphatic carbocycles. The van der Waals surface area contributed by atoms with Crippen LogP contribution in [0.4, 0.5) is 0 Å². The summed E-state index contributed by atoms with van der Waals surface area (Å²) in [6.07, 6.45) is 0. The van der Waals surface area contributed by atoms with E-state index in [1.165, 1.54) is 31.7 Å². The van der Waals surface area contributed by atoms with Crippen LogP contribution >= 0.6 is 0 Å². The zero-order valence-electron chi connectivity index (χ0n) is 11.4. The van der Waals surface area contributed by atoms with Gasteiger partial charge in [0.25, 0.3) is 0 Å². The average molecular weight is 247 g/mol. The van der Waals surface area contributed by atoms with E-state index in [1.54, 1.807) is 0 Å². The number of nitrogens with zero attached hydrogens (tertiary/aromatic N) is 2. The zero-order valence-corrected chi connectivity index (χ0v) is 11.4. The highest BCUT2D eigenvalue weighted by Crippen LogP contribution is 2.04. The fraction of sp³-hybridized carbons (Fsp3) is 0.600. The van der Waals surface area contributed by atoms with E-state index in [2.05, 4.69) is 52.4 Å². The molecule has 0 bridgehead atoms. The van der Waals surface area contributed by atoms with E-state index in [4.69, 9.17) is 0 Å². The van der Waals surface area contributed by atoms with Gasteiger partial charge in [-0.3, -0.25) is 9.80 Å². The highest BCUT2D eigenvalue weighted by atomic mass is 15.2. The Balaban J connectivity index is 1.75. The van der Waals surface area contributed by atoms with Crippen molar-refractivity contribution in [1.82, 2.24) is 15.1 Å². The highest BCUT2D eigenvalue weighted by molar-refractivity contribution is 5.14. The summed E-state index contributed by atoms with van der Waals surface area (Å²) in [6.45, 7) is 11.5. The van der Waals surface area contributed by atoms with E-state index in [9.17, 15) is 0 Å². The predicted molar refractivity (Wildman–Crippen MR) is 76.7 cm³/mol. The molecule has 1 heterocycles. The predicted octanol–water partition coefficient (Wildman–Crippen LogP) is 1.41. The van der Waals surface area contributed by atoms with Gasteiger partial charge in [0.05, 0.1) is 0 Å². The van der Waals surface area contributed by atoms with Crippen LogP contribution in [0.1, 0.15) is 12.5 Å². The van der Waals surface area contributed by atoms with E-state index < -0.39 is 0 Å². The SMILES string of the molecule is CCN(CCN1CCNCC1)Cc1ccccc1. The molecule has 2 rings (SSSR count). The molecule has 1 N–H and O–H groups in total. The molecule has 0 atom stereocenters. The van der Waals surface area contributed by atoms with Crippen molar-refractivity contribution in [3.05, 3.63) is 35.9 Å². The smallest absolute Gasteiger partial charge is 0.0234 e. The fourth-order valence-electron chi connectivity index (χ4n) is 2.41. The number of hydrogen-bond acceptors (Lipinski definition) is 3. The fourth-order valence-corrected chi connectivity index (χ4v) is 2.41. The van der Waals surface area contributed by atoms with Crippen molar-refractivity contribution >= 4 is 0 Å². The standard InChI is InChI=1S/C15H25N3/c1-2-17(14-15-6-4-3-5-7-15)12-13-18-10-8-16-9-11-18/h3-7,16H,2,8-14H2,1H3. The number of likely N-dealkylation sites (N-methyl/N-ethyl adjacent to an activating group) is 1. The quantitative estimate of drug-likeness (QED) is 0.820. The van der Waals surface area contributed by atoms with Gasteiger partial charge in [-0.1, -0.05) is 37.3 Å². The molecular weight excluding hydrogens is 222 g/mol. The summed E-state index contributed by atoms with van der Waals surface area (Å²) in [6, 6.07) is 10.8. The molecule has 1 fully saturated rings. The maximum absolute atomic E-state index is 3.40. The largest absolute Gasteiger partial charge is 0.314 e. The highest BCUT2D eigenvalue weighted by Gasteiger charge is 2.11. The van der Waals surface area contributed by atoms with Crippen molar-refractivity contribution in [3.8, 4) is 0 Å². The number of nitrogens with one attached hydrogen (secondary N) is 1. The number of hydrogen-bond donors (Lipinski definition) is 1. The summed E-state index contributed by atoms with van der Waals surface area (Å²) in [4.78, 5) is 5.08. The molecule has 0 radical (unpaired) electrons. The molecular formula is C15H25N3. The minimum Gasteiger partial charge on any atom is -0.314 e. The van der Waals surface area contributed by atoms with Crippen LogP contribution in [0.25, 0.3) is 0 Å². The maximum atomic E-state index is 3.40. The van der Waals surface area contributed by atoms with Crippen LogP contribution in [0.5, 0.6) is 0 Å². The lowest BCUT2D eigenvalue weighted by Gasteiger charge is -2.30. The van der Waals surface area contributed by atoms with Gasteiger partial charge in [0.1, 0.15) is 0 Å². The summed E-state index contributed by atoms with van der Waals surface area (Å²) in [5, 5.41) is 3.40. The third-order valence-electron chi connectivity index (χ3n) is 3.64. The lowest BCUT2D eigenvalue weighted by atomic mass is 10.2. The van der Waals surface area contributed by atoms with Crippen molar-refractivity contribution in [3.63, 3.8) is 0 Å².